The number of allylic oxidation sites excluding steroid dienone is 2. The van der Waals surface area contributed by atoms with Crippen molar-refractivity contribution in [1.82, 2.24) is 0 Å². The Hall–Kier alpha value is -0.640. The highest BCUT2D eigenvalue weighted by Gasteiger charge is 2.24. The lowest BCUT2D eigenvalue weighted by molar-refractivity contribution is 0.0986. The molecule has 0 saturated heterocycles. The lowest BCUT2D eigenvalue weighted by Gasteiger charge is -2.26. The molecule has 1 aliphatic rings. The molecule has 0 saturated carbocycles. The maximum Gasteiger partial charge on any atom is 0.0989 e. The molecule has 1 atom stereocenters. The van der Waals surface area contributed by atoms with Crippen LogP contribution in [0.4, 0.5) is 0 Å². The molecule has 1 aliphatic carbocycles. The van der Waals surface area contributed by atoms with Gasteiger partial charge in [0.25, 0.3) is 0 Å². The standard InChI is InChI=1S/C8H14N2O/c9-5-7-2-1-3-8(11,4-7)6-10/h1-3,11H,4-6,9-10H2. The van der Waals surface area contributed by atoms with E-state index in [0.29, 0.717) is 13.0 Å². The van der Waals surface area contributed by atoms with Gasteiger partial charge in [0.1, 0.15) is 0 Å². The highest BCUT2D eigenvalue weighted by molar-refractivity contribution is 5.26. The summed E-state index contributed by atoms with van der Waals surface area (Å²) in [6.07, 6.45) is 6.01. The Bertz CT molecular complexity index is 198. The molecule has 0 aromatic carbocycles. The number of rotatable bonds is 2. The predicted molar refractivity (Wildman–Crippen MR) is 44.9 cm³/mol. The summed E-state index contributed by atoms with van der Waals surface area (Å²) in [5.74, 6) is 0. The quantitative estimate of drug-likeness (QED) is 0.503. The molecule has 3 nitrogen and oxygen atoms in total. The Kier molecular flexibility index (Phi) is 2.44. The molecular formula is C8H14N2O. The minimum Gasteiger partial charge on any atom is -0.384 e. The number of nitrogens with two attached hydrogens (primary N) is 2. The van der Waals surface area contributed by atoms with Gasteiger partial charge in [-0.05, 0) is 0 Å². The lowest BCUT2D eigenvalue weighted by Crippen LogP contribution is -2.37. The normalized spacial score (nSPS) is 30.3. The van der Waals surface area contributed by atoms with Crippen molar-refractivity contribution in [3.05, 3.63) is 23.8 Å². The van der Waals surface area contributed by atoms with Crippen LogP contribution in [0.5, 0.6) is 0 Å². The van der Waals surface area contributed by atoms with Crippen LogP contribution in [0, 0.1) is 0 Å². The highest BCUT2D eigenvalue weighted by Crippen LogP contribution is 2.20. The van der Waals surface area contributed by atoms with Crippen LogP contribution in [-0.4, -0.2) is 23.8 Å². The van der Waals surface area contributed by atoms with Crippen LogP contribution in [0.3, 0.4) is 0 Å². The Morgan fingerprint density at radius 3 is 2.82 bits per heavy atom. The summed E-state index contributed by atoms with van der Waals surface area (Å²) in [7, 11) is 0. The smallest absolute Gasteiger partial charge is 0.0989 e. The Morgan fingerprint density at radius 1 is 1.55 bits per heavy atom. The van der Waals surface area contributed by atoms with Crippen LogP contribution in [0.15, 0.2) is 23.8 Å². The van der Waals surface area contributed by atoms with E-state index in [2.05, 4.69) is 0 Å². The summed E-state index contributed by atoms with van der Waals surface area (Å²) in [5, 5.41) is 9.67. The number of aliphatic hydroxyl groups is 1. The van der Waals surface area contributed by atoms with E-state index >= 15 is 0 Å². The van der Waals surface area contributed by atoms with E-state index in [4.69, 9.17) is 11.5 Å². The first-order chi connectivity index (χ1) is 5.20. The van der Waals surface area contributed by atoms with Crippen LogP contribution < -0.4 is 11.5 Å². The van der Waals surface area contributed by atoms with Gasteiger partial charge in [0, 0.05) is 19.5 Å². The maximum atomic E-state index is 9.67. The zero-order valence-corrected chi connectivity index (χ0v) is 6.46. The van der Waals surface area contributed by atoms with Gasteiger partial charge in [0.05, 0.1) is 5.60 Å². The minimum absolute atomic E-state index is 0.251. The van der Waals surface area contributed by atoms with Gasteiger partial charge in [-0.2, -0.15) is 0 Å². The number of hydrogen-bond acceptors (Lipinski definition) is 3. The molecule has 11 heavy (non-hydrogen) atoms. The van der Waals surface area contributed by atoms with Gasteiger partial charge < -0.3 is 16.6 Å². The Balaban J connectivity index is 2.68. The minimum atomic E-state index is -0.858. The topological polar surface area (TPSA) is 72.3 Å². The third kappa shape index (κ3) is 1.89. The molecule has 1 rings (SSSR count). The van der Waals surface area contributed by atoms with Crippen molar-refractivity contribution < 1.29 is 5.11 Å². The first kappa shape index (κ1) is 8.46. The summed E-state index contributed by atoms with van der Waals surface area (Å²) in [4.78, 5) is 0. The van der Waals surface area contributed by atoms with Crippen molar-refractivity contribution in [2.45, 2.75) is 12.0 Å². The van der Waals surface area contributed by atoms with Crippen LogP contribution in [-0.2, 0) is 0 Å². The van der Waals surface area contributed by atoms with Crippen molar-refractivity contribution in [2.75, 3.05) is 13.1 Å². The van der Waals surface area contributed by atoms with Gasteiger partial charge in [0.2, 0.25) is 0 Å². The van der Waals surface area contributed by atoms with Gasteiger partial charge in [-0.25, -0.2) is 0 Å². The van der Waals surface area contributed by atoms with E-state index in [1.807, 2.05) is 6.08 Å². The van der Waals surface area contributed by atoms with Crippen LogP contribution in [0.2, 0.25) is 0 Å². The zero-order chi connectivity index (χ0) is 8.32. The van der Waals surface area contributed by atoms with Gasteiger partial charge >= 0.3 is 0 Å². The summed E-state index contributed by atoms with van der Waals surface area (Å²) in [6, 6.07) is 0. The van der Waals surface area contributed by atoms with Gasteiger partial charge in [0.15, 0.2) is 0 Å². The van der Waals surface area contributed by atoms with Gasteiger partial charge in [-0.15, -0.1) is 0 Å². The van der Waals surface area contributed by atoms with E-state index in [9.17, 15) is 5.11 Å². The molecule has 0 aromatic rings. The fourth-order valence-electron chi connectivity index (χ4n) is 1.15. The summed E-state index contributed by atoms with van der Waals surface area (Å²) in [6.45, 7) is 0.744. The Labute approximate surface area is 66.4 Å². The molecule has 1 unspecified atom stereocenters. The fourth-order valence-corrected chi connectivity index (χ4v) is 1.15. The third-order valence-electron chi connectivity index (χ3n) is 1.89. The lowest BCUT2D eigenvalue weighted by atomic mass is 9.90. The Morgan fingerprint density at radius 2 is 2.27 bits per heavy atom. The molecule has 5 N–H and O–H groups in total. The molecule has 0 amide bonds. The number of hydrogen-bond donors (Lipinski definition) is 3. The second-order valence-corrected chi connectivity index (χ2v) is 2.87. The molecule has 0 radical (unpaired) electrons. The van der Waals surface area contributed by atoms with Crippen molar-refractivity contribution in [3.63, 3.8) is 0 Å². The fraction of sp³-hybridized carbons (Fsp3) is 0.500. The molecule has 0 heterocycles. The van der Waals surface area contributed by atoms with E-state index < -0.39 is 5.60 Å². The maximum absolute atomic E-state index is 9.67. The van der Waals surface area contributed by atoms with E-state index in [0.717, 1.165) is 5.57 Å². The van der Waals surface area contributed by atoms with E-state index in [1.54, 1.807) is 12.2 Å². The molecule has 62 valence electrons. The SMILES string of the molecule is NCC1=CC=CC(O)(CN)C1. The monoisotopic (exact) mass is 154 g/mol. The van der Waals surface area contributed by atoms with Crippen LogP contribution in [0.25, 0.3) is 0 Å². The third-order valence-corrected chi connectivity index (χ3v) is 1.89. The second-order valence-electron chi connectivity index (χ2n) is 2.87. The van der Waals surface area contributed by atoms with Crippen molar-refractivity contribution in [3.8, 4) is 0 Å². The van der Waals surface area contributed by atoms with Gasteiger partial charge in [-0.1, -0.05) is 23.8 Å². The molecule has 0 fully saturated rings. The second kappa shape index (κ2) is 3.17. The molecule has 0 aromatic heterocycles. The van der Waals surface area contributed by atoms with Crippen molar-refractivity contribution >= 4 is 0 Å². The first-order valence-electron chi connectivity index (χ1n) is 3.70. The zero-order valence-electron chi connectivity index (χ0n) is 6.46. The highest BCUT2D eigenvalue weighted by atomic mass is 16.3. The summed E-state index contributed by atoms with van der Waals surface area (Å²) in [5.41, 5.74) is 11.0. The molecule has 0 aliphatic heterocycles. The molecule has 0 spiro atoms. The van der Waals surface area contributed by atoms with Gasteiger partial charge in [-0.3, -0.25) is 0 Å². The molecular weight excluding hydrogens is 140 g/mol. The van der Waals surface area contributed by atoms with Crippen LogP contribution >= 0.6 is 0 Å². The molecule has 3 heteroatoms. The van der Waals surface area contributed by atoms with Crippen molar-refractivity contribution in [2.24, 2.45) is 11.5 Å². The van der Waals surface area contributed by atoms with E-state index in [-0.39, 0.29) is 6.54 Å². The first-order valence-corrected chi connectivity index (χ1v) is 3.70. The summed E-state index contributed by atoms with van der Waals surface area (Å²) < 4.78 is 0. The van der Waals surface area contributed by atoms with E-state index in [1.165, 1.54) is 0 Å². The van der Waals surface area contributed by atoms with Crippen LogP contribution in [0.1, 0.15) is 6.42 Å². The predicted octanol–water partition coefficient (Wildman–Crippen LogP) is -0.479. The largest absolute Gasteiger partial charge is 0.384 e. The summed E-state index contributed by atoms with van der Waals surface area (Å²) >= 11 is 0. The average molecular weight is 154 g/mol. The van der Waals surface area contributed by atoms with Crippen molar-refractivity contribution in [1.29, 1.82) is 0 Å². The average Bonchev–Trinajstić information content (AvgIpc) is 2.05. The molecule has 0 bridgehead atoms.